The maximum atomic E-state index is 5.83. The zero-order valence-corrected chi connectivity index (χ0v) is 11.1. The van der Waals surface area contributed by atoms with Crippen LogP contribution < -0.4 is 11.1 Å². The number of aryl methyl sites for hydroxylation is 1. The smallest absolute Gasteiger partial charge is 0.149 e. The van der Waals surface area contributed by atoms with Gasteiger partial charge >= 0.3 is 0 Å². The molecule has 17 heavy (non-hydrogen) atoms. The summed E-state index contributed by atoms with van der Waals surface area (Å²) in [4.78, 5) is 5.49. The number of anilines is 2. The summed E-state index contributed by atoms with van der Waals surface area (Å²) >= 11 is 7.54. The molecule has 0 atom stereocenters. The van der Waals surface area contributed by atoms with Gasteiger partial charge in [-0.05, 0) is 29.5 Å². The van der Waals surface area contributed by atoms with E-state index in [2.05, 4.69) is 28.7 Å². The minimum atomic E-state index is 0.554. The number of rotatable bonds is 4. The Labute approximate surface area is 110 Å². The lowest BCUT2D eigenvalue weighted by atomic mass is 10.2. The van der Waals surface area contributed by atoms with Gasteiger partial charge in [-0.15, -0.1) is 11.3 Å². The molecule has 2 rings (SSSR count). The molecule has 0 fully saturated rings. The summed E-state index contributed by atoms with van der Waals surface area (Å²) in [5.41, 5.74) is 7.77. The molecule has 0 spiro atoms. The van der Waals surface area contributed by atoms with E-state index >= 15 is 0 Å². The third-order valence-electron chi connectivity index (χ3n) is 2.52. The molecule has 3 nitrogen and oxygen atoms in total. The van der Waals surface area contributed by atoms with Crippen molar-refractivity contribution >= 4 is 34.4 Å². The number of nitrogen functional groups attached to an aromatic ring is 1. The highest BCUT2D eigenvalue weighted by molar-refractivity contribution is 7.10. The van der Waals surface area contributed by atoms with E-state index in [9.17, 15) is 0 Å². The van der Waals surface area contributed by atoms with Gasteiger partial charge in [-0.2, -0.15) is 0 Å². The van der Waals surface area contributed by atoms with Crippen molar-refractivity contribution in [3.05, 3.63) is 39.2 Å². The third kappa shape index (κ3) is 2.90. The van der Waals surface area contributed by atoms with Crippen molar-refractivity contribution in [1.29, 1.82) is 0 Å². The van der Waals surface area contributed by atoms with Gasteiger partial charge in [-0.1, -0.05) is 18.5 Å². The first-order valence-corrected chi connectivity index (χ1v) is 6.66. The number of nitrogens with zero attached hydrogens (tertiary/aromatic N) is 1. The fourth-order valence-electron chi connectivity index (χ4n) is 1.60. The number of halogens is 1. The number of hydrogen-bond donors (Lipinski definition) is 2. The van der Waals surface area contributed by atoms with E-state index in [4.69, 9.17) is 17.3 Å². The lowest BCUT2D eigenvalue weighted by Gasteiger charge is -2.08. The summed E-state index contributed by atoms with van der Waals surface area (Å²) in [5, 5.41) is 5.89. The van der Waals surface area contributed by atoms with Crippen molar-refractivity contribution in [3.8, 4) is 0 Å². The van der Waals surface area contributed by atoms with Crippen LogP contribution in [0.25, 0.3) is 0 Å². The van der Waals surface area contributed by atoms with Crippen LogP contribution in [0.15, 0.2) is 23.7 Å². The van der Waals surface area contributed by atoms with Gasteiger partial charge in [0, 0.05) is 11.1 Å². The molecule has 2 aromatic heterocycles. The van der Waals surface area contributed by atoms with Crippen LogP contribution in [0.4, 0.5) is 11.5 Å². The molecule has 0 saturated carbocycles. The predicted octanol–water partition coefficient (Wildman–Crippen LogP) is 3.55. The highest BCUT2D eigenvalue weighted by Crippen LogP contribution is 2.22. The molecule has 0 unspecified atom stereocenters. The van der Waals surface area contributed by atoms with E-state index in [0.29, 0.717) is 16.5 Å². The summed E-state index contributed by atoms with van der Waals surface area (Å²) in [6, 6.07) is 3.85. The Bertz CT molecular complexity index is 510. The minimum absolute atomic E-state index is 0.554. The number of aromatic nitrogens is 1. The van der Waals surface area contributed by atoms with Gasteiger partial charge in [0.15, 0.2) is 0 Å². The van der Waals surface area contributed by atoms with Gasteiger partial charge < -0.3 is 11.1 Å². The summed E-state index contributed by atoms with van der Waals surface area (Å²) in [5.74, 6) is 0.685. The number of hydrogen-bond acceptors (Lipinski definition) is 4. The Balaban J connectivity index is 2.07. The van der Waals surface area contributed by atoms with E-state index < -0.39 is 0 Å². The first-order chi connectivity index (χ1) is 8.20. The SMILES string of the molecule is CCc1ccsc1CNc1ncc(Cl)cc1N. The van der Waals surface area contributed by atoms with Crippen molar-refractivity contribution in [1.82, 2.24) is 4.98 Å². The molecule has 90 valence electrons. The van der Waals surface area contributed by atoms with Gasteiger partial charge in [0.1, 0.15) is 5.82 Å². The van der Waals surface area contributed by atoms with Gasteiger partial charge in [0.25, 0.3) is 0 Å². The average molecular weight is 268 g/mol. The average Bonchev–Trinajstić information content (AvgIpc) is 2.75. The first-order valence-electron chi connectivity index (χ1n) is 5.41. The molecule has 2 aromatic rings. The molecule has 0 saturated heterocycles. The van der Waals surface area contributed by atoms with Gasteiger partial charge in [0.2, 0.25) is 0 Å². The molecular formula is C12H14ClN3S. The van der Waals surface area contributed by atoms with Gasteiger partial charge in [-0.3, -0.25) is 0 Å². The Morgan fingerprint density at radius 1 is 1.53 bits per heavy atom. The van der Waals surface area contributed by atoms with Crippen LogP contribution in [0, 0.1) is 0 Å². The van der Waals surface area contributed by atoms with E-state index in [1.54, 1.807) is 23.6 Å². The molecule has 0 aliphatic carbocycles. The standard InChI is InChI=1S/C12H14ClN3S/c1-2-8-3-4-17-11(8)7-16-12-10(14)5-9(13)6-15-12/h3-6H,2,7,14H2,1H3,(H,15,16). The number of pyridine rings is 1. The van der Waals surface area contributed by atoms with Crippen LogP contribution in [-0.2, 0) is 13.0 Å². The quantitative estimate of drug-likeness (QED) is 0.891. The molecular weight excluding hydrogens is 254 g/mol. The lowest BCUT2D eigenvalue weighted by Crippen LogP contribution is -2.04. The zero-order valence-electron chi connectivity index (χ0n) is 9.53. The van der Waals surface area contributed by atoms with Crippen molar-refractivity contribution in [3.63, 3.8) is 0 Å². The normalized spacial score (nSPS) is 10.5. The molecule has 0 bridgehead atoms. The second kappa shape index (κ2) is 5.38. The highest BCUT2D eigenvalue weighted by atomic mass is 35.5. The van der Waals surface area contributed by atoms with Crippen molar-refractivity contribution in [2.24, 2.45) is 0 Å². The van der Waals surface area contributed by atoms with Crippen LogP contribution in [-0.4, -0.2) is 4.98 Å². The van der Waals surface area contributed by atoms with Crippen molar-refractivity contribution in [2.75, 3.05) is 11.1 Å². The molecule has 5 heteroatoms. The Morgan fingerprint density at radius 2 is 2.35 bits per heavy atom. The van der Waals surface area contributed by atoms with Crippen molar-refractivity contribution in [2.45, 2.75) is 19.9 Å². The Hall–Kier alpha value is -1.26. The fraction of sp³-hybridized carbons (Fsp3) is 0.250. The maximum absolute atomic E-state index is 5.83. The maximum Gasteiger partial charge on any atom is 0.149 e. The summed E-state index contributed by atoms with van der Waals surface area (Å²) < 4.78 is 0. The van der Waals surface area contributed by atoms with E-state index in [0.717, 1.165) is 13.0 Å². The van der Waals surface area contributed by atoms with Crippen LogP contribution in [0.3, 0.4) is 0 Å². The Kier molecular flexibility index (Phi) is 3.86. The summed E-state index contributed by atoms with van der Waals surface area (Å²) in [7, 11) is 0. The second-order valence-corrected chi connectivity index (χ2v) is 5.10. The van der Waals surface area contributed by atoms with Crippen LogP contribution in [0.1, 0.15) is 17.4 Å². The third-order valence-corrected chi connectivity index (χ3v) is 3.69. The summed E-state index contributed by atoms with van der Waals surface area (Å²) in [6.45, 7) is 2.90. The fourth-order valence-corrected chi connectivity index (χ4v) is 2.69. The molecule has 0 aliphatic heterocycles. The Morgan fingerprint density at radius 3 is 3.06 bits per heavy atom. The van der Waals surface area contributed by atoms with Crippen LogP contribution >= 0.6 is 22.9 Å². The van der Waals surface area contributed by atoms with Gasteiger partial charge in [-0.25, -0.2) is 4.98 Å². The number of nitrogens with one attached hydrogen (secondary N) is 1. The molecule has 0 amide bonds. The van der Waals surface area contributed by atoms with E-state index in [-0.39, 0.29) is 0 Å². The zero-order chi connectivity index (χ0) is 12.3. The molecule has 0 aliphatic rings. The minimum Gasteiger partial charge on any atom is -0.396 e. The predicted molar refractivity (Wildman–Crippen MR) is 74.7 cm³/mol. The topological polar surface area (TPSA) is 50.9 Å². The molecule has 0 aromatic carbocycles. The first kappa shape index (κ1) is 12.2. The van der Waals surface area contributed by atoms with Crippen molar-refractivity contribution < 1.29 is 0 Å². The number of thiophene rings is 1. The summed E-state index contributed by atoms with van der Waals surface area (Å²) in [6.07, 6.45) is 2.64. The van der Waals surface area contributed by atoms with Gasteiger partial charge in [0.05, 0.1) is 17.3 Å². The largest absolute Gasteiger partial charge is 0.396 e. The highest BCUT2D eigenvalue weighted by Gasteiger charge is 2.05. The van der Waals surface area contributed by atoms with Crippen LogP contribution in [0.2, 0.25) is 5.02 Å². The van der Waals surface area contributed by atoms with E-state index in [1.165, 1.54) is 10.4 Å². The molecule has 2 heterocycles. The van der Waals surface area contributed by atoms with Crippen LogP contribution in [0.5, 0.6) is 0 Å². The molecule has 3 N–H and O–H groups in total. The van der Waals surface area contributed by atoms with E-state index in [1.807, 2.05) is 0 Å². The monoisotopic (exact) mass is 267 g/mol. The second-order valence-electron chi connectivity index (χ2n) is 3.67. The number of nitrogens with two attached hydrogens (primary N) is 1. The molecule has 0 radical (unpaired) electrons. The lowest BCUT2D eigenvalue weighted by molar-refractivity contribution is 1.07.